The first-order valence-electron chi connectivity index (χ1n) is 5.98. The highest BCUT2D eigenvalue weighted by Gasteiger charge is 2.20. The summed E-state index contributed by atoms with van der Waals surface area (Å²) in [6, 6.07) is 3.88. The quantitative estimate of drug-likeness (QED) is 0.865. The minimum absolute atomic E-state index is 0.141. The summed E-state index contributed by atoms with van der Waals surface area (Å²) in [5.74, 6) is -0.427. The highest BCUT2D eigenvalue weighted by Crippen LogP contribution is 2.16. The van der Waals surface area contributed by atoms with Crippen molar-refractivity contribution in [3.8, 4) is 0 Å². The fraction of sp³-hybridized carbons (Fsp3) is 0.500. The van der Waals surface area contributed by atoms with Crippen molar-refractivity contribution in [2.75, 3.05) is 13.1 Å². The molecule has 1 aliphatic heterocycles. The SMILES string of the molecule is Cc1cc(F)ccc1S(=O)(=O)NC[C@@H]1CCCN1. The standard InChI is InChI=1S/C12H17FN2O2S/c1-9-7-10(13)4-5-12(9)18(16,17)15-8-11-3-2-6-14-11/h4-5,7,11,14-15H,2-3,6,8H2,1H3/t11-/m0/s1. The van der Waals surface area contributed by atoms with E-state index in [2.05, 4.69) is 10.0 Å². The Balaban J connectivity index is 2.09. The summed E-state index contributed by atoms with van der Waals surface area (Å²) in [6.45, 7) is 2.90. The van der Waals surface area contributed by atoms with Crippen LogP contribution in [0.15, 0.2) is 23.1 Å². The van der Waals surface area contributed by atoms with Crippen molar-refractivity contribution < 1.29 is 12.8 Å². The molecule has 2 N–H and O–H groups in total. The van der Waals surface area contributed by atoms with Crippen molar-refractivity contribution in [3.05, 3.63) is 29.6 Å². The van der Waals surface area contributed by atoms with E-state index in [1.165, 1.54) is 12.1 Å². The van der Waals surface area contributed by atoms with Gasteiger partial charge in [0, 0.05) is 12.6 Å². The van der Waals surface area contributed by atoms with Crippen LogP contribution in [0.3, 0.4) is 0 Å². The Labute approximate surface area is 107 Å². The summed E-state index contributed by atoms with van der Waals surface area (Å²) in [5, 5.41) is 3.22. The van der Waals surface area contributed by atoms with Crippen LogP contribution in [0.4, 0.5) is 4.39 Å². The predicted molar refractivity (Wildman–Crippen MR) is 67.4 cm³/mol. The molecule has 1 heterocycles. The van der Waals surface area contributed by atoms with Crippen molar-refractivity contribution in [2.24, 2.45) is 0 Å². The molecule has 0 bridgehead atoms. The van der Waals surface area contributed by atoms with Gasteiger partial charge in [0.2, 0.25) is 10.0 Å². The van der Waals surface area contributed by atoms with E-state index in [0.29, 0.717) is 12.1 Å². The first kappa shape index (κ1) is 13.5. The molecule has 0 amide bonds. The second kappa shape index (κ2) is 5.34. The molecule has 0 radical (unpaired) electrons. The number of aryl methyl sites for hydroxylation is 1. The van der Waals surface area contributed by atoms with Gasteiger partial charge in [-0.05, 0) is 50.1 Å². The maximum Gasteiger partial charge on any atom is 0.240 e. The number of benzene rings is 1. The fourth-order valence-electron chi connectivity index (χ4n) is 2.13. The molecule has 6 heteroatoms. The van der Waals surface area contributed by atoms with Gasteiger partial charge in [0.05, 0.1) is 4.90 Å². The van der Waals surface area contributed by atoms with Crippen LogP contribution in [0.1, 0.15) is 18.4 Å². The van der Waals surface area contributed by atoms with E-state index in [1.54, 1.807) is 6.92 Å². The van der Waals surface area contributed by atoms with E-state index >= 15 is 0 Å². The van der Waals surface area contributed by atoms with Gasteiger partial charge in [0.25, 0.3) is 0 Å². The van der Waals surface area contributed by atoms with E-state index in [4.69, 9.17) is 0 Å². The van der Waals surface area contributed by atoms with Crippen LogP contribution in [-0.2, 0) is 10.0 Å². The Morgan fingerprint density at radius 3 is 2.89 bits per heavy atom. The van der Waals surface area contributed by atoms with E-state index in [1.807, 2.05) is 0 Å². The molecule has 0 saturated carbocycles. The summed E-state index contributed by atoms with van der Waals surface area (Å²) < 4.78 is 39.6. The Bertz CT molecular complexity index is 525. The van der Waals surface area contributed by atoms with Gasteiger partial charge >= 0.3 is 0 Å². The summed E-state index contributed by atoms with van der Waals surface area (Å²) in [4.78, 5) is 0.141. The third-order valence-corrected chi connectivity index (χ3v) is 4.69. The molecule has 0 aromatic heterocycles. The highest BCUT2D eigenvalue weighted by molar-refractivity contribution is 7.89. The number of sulfonamides is 1. The maximum atomic E-state index is 12.9. The molecule has 1 aliphatic rings. The lowest BCUT2D eigenvalue weighted by Gasteiger charge is -2.13. The first-order chi connectivity index (χ1) is 8.49. The molecule has 100 valence electrons. The van der Waals surface area contributed by atoms with Crippen LogP contribution in [0.25, 0.3) is 0 Å². The molecule has 1 aromatic rings. The second-order valence-corrected chi connectivity index (χ2v) is 6.29. The molecule has 0 spiro atoms. The van der Waals surface area contributed by atoms with Crippen LogP contribution in [0.5, 0.6) is 0 Å². The van der Waals surface area contributed by atoms with Gasteiger partial charge in [-0.15, -0.1) is 0 Å². The van der Waals surface area contributed by atoms with Gasteiger partial charge in [-0.2, -0.15) is 0 Å². The molecule has 2 rings (SSSR count). The minimum atomic E-state index is -3.55. The molecular formula is C12H17FN2O2S. The van der Waals surface area contributed by atoms with E-state index in [9.17, 15) is 12.8 Å². The maximum absolute atomic E-state index is 12.9. The van der Waals surface area contributed by atoms with Crippen molar-refractivity contribution in [2.45, 2.75) is 30.7 Å². The minimum Gasteiger partial charge on any atom is -0.313 e. The molecular weight excluding hydrogens is 255 g/mol. The van der Waals surface area contributed by atoms with Crippen LogP contribution < -0.4 is 10.0 Å². The third-order valence-electron chi connectivity index (χ3n) is 3.11. The fourth-order valence-corrected chi connectivity index (χ4v) is 3.44. The number of nitrogens with one attached hydrogen (secondary N) is 2. The molecule has 1 fully saturated rings. The Hall–Kier alpha value is -0.980. The molecule has 1 atom stereocenters. The van der Waals surface area contributed by atoms with Gasteiger partial charge in [-0.25, -0.2) is 17.5 Å². The lowest BCUT2D eigenvalue weighted by Crippen LogP contribution is -2.37. The number of hydrogen-bond acceptors (Lipinski definition) is 3. The highest BCUT2D eigenvalue weighted by atomic mass is 32.2. The average molecular weight is 272 g/mol. The average Bonchev–Trinajstić information content (AvgIpc) is 2.78. The van der Waals surface area contributed by atoms with Crippen LogP contribution in [0, 0.1) is 12.7 Å². The number of rotatable bonds is 4. The largest absolute Gasteiger partial charge is 0.313 e. The smallest absolute Gasteiger partial charge is 0.240 e. The zero-order valence-corrected chi connectivity index (χ0v) is 11.1. The molecule has 1 aromatic carbocycles. The van der Waals surface area contributed by atoms with Crippen LogP contribution in [-0.4, -0.2) is 27.5 Å². The summed E-state index contributed by atoms with van der Waals surface area (Å²) >= 11 is 0. The number of hydrogen-bond donors (Lipinski definition) is 2. The number of halogens is 1. The molecule has 0 unspecified atom stereocenters. The van der Waals surface area contributed by atoms with Crippen LogP contribution in [0.2, 0.25) is 0 Å². The predicted octanol–water partition coefficient (Wildman–Crippen LogP) is 1.16. The van der Waals surface area contributed by atoms with Crippen molar-refractivity contribution in [1.29, 1.82) is 0 Å². The molecule has 1 saturated heterocycles. The van der Waals surface area contributed by atoms with E-state index < -0.39 is 15.8 Å². The topological polar surface area (TPSA) is 58.2 Å². The summed E-state index contributed by atoms with van der Waals surface area (Å²) in [5.41, 5.74) is 0.418. The van der Waals surface area contributed by atoms with Crippen molar-refractivity contribution >= 4 is 10.0 Å². The van der Waals surface area contributed by atoms with E-state index in [0.717, 1.165) is 25.5 Å². The molecule has 18 heavy (non-hydrogen) atoms. The Kier molecular flexibility index (Phi) is 3.99. The second-order valence-electron chi connectivity index (χ2n) is 4.55. The summed E-state index contributed by atoms with van der Waals surface area (Å²) in [7, 11) is -3.55. The lowest BCUT2D eigenvalue weighted by molar-refractivity contribution is 0.551. The van der Waals surface area contributed by atoms with Crippen molar-refractivity contribution in [3.63, 3.8) is 0 Å². The van der Waals surface area contributed by atoms with Gasteiger partial charge in [0.1, 0.15) is 5.82 Å². The van der Waals surface area contributed by atoms with Gasteiger partial charge in [-0.3, -0.25) is 0 Å². The zero-order chi connectivity index (χ0) is 13.2. The van der Waals surface area contributed by atoms with E-state index in [-0.39, 0.29) is 10.9 Å². The van der Waals surface area contributed by atoms with Gasteiger partial charge in [0.15, 0.2) is 0 Å². The Morgan fingerprint density at radius 2 is 2.28 bits per heavy atom. The zero-order valence-electron chi connectivity index (χ0n) is 10.2. The monoisotopic (exact) mass is 272 g/mol. The lowest BCUT2D eigenvalue weighted by atomic mass is 10.2. The summed E-state index contributed by atoms with van der Waals surface area (Å²) in [6.07, 6.45) is 2.05. The van der Waals surface area contributed by atoms with Crippen molar-refractivity contribution in [1.82, 2.24) is 10.0 Å². The third kappa shape index (κ3) is 3.07. The normalized spacial score (nSPS) is 20.2. The molecule has 0 aliphatic carbocycles. The van der Waals surface area contributed by atoms with Crippen LogP contribution >= 0.6 is 0 Å². The Morgan fingerprint density at radius 1 is 1.50 bits per heavy atom. The van der Waals surface area contributed by atoms with Gasteiger partial charge < -0.3 is 5.32 Å². The molecule has 4 nitrogen and oxygen atoms in total. The first-order valence-corrected chi connectivity index (χ1v) is 7.46. The van der Waals surface area contributed by atoms with Gasteiger partial charge in [-0.1, -0.05) is 0 Å².